The van der Waals surface area contributed by atoms with Crippen LogP contribution in [-0.4, -0.2) is 21.8 Å². The Hall–Kier alpha value is -1.92. The number of nitrogens with zero attached hydrogens (tertiary/aromatic N) is 2. The van der Waals surface area contributed by atoms with E-state index >= 15 is 0 Å². The summed E-state index contributed by atoms with van der Waals surface area (Å²) < 4.78 is 0.761. The maximum Gasteiger partial charge on any atom is 0.325 e. The molecule has 1 aliphatic rings. The van der Waals surface area contributed by atoms with Crippen LogP contribution >= 0.6 is 27.5 Å². The monoisotopic (exact) mass is 393 g/mol. The van der Waals surface area contributed by atoms with Gasteiger partial charge in [-0.3, -0.25) is 9.69 Å². The lowest BCUT2D eigenvalue weighted by atomic mass is 9.92. The highest BCUT2D eigenvalue weighted by Crippen LogP contribution is 2.34. The Morgan fingerprint density at radius 1 is 1.26 bits per heavy atom. The third-order valence-corrected chi connectivity index (χ3v) is 4.88. The van der Waals surface area contributed by atoms with Crippen LogP contribution in [0.4, 0.5) is 4.79 Å². The number of pyridine rings is 1. The van der Waals surface area contributed by atoms with Crippen molar-refractivity contribution in [2.75, 3.05) is 0 Å². The molecule has 2 heterocycles. The second-order valence-corrected chi connectivity index (χ2v) is 6.59. The molecule has 23 heavy (non-hydrogen) atoms. The Morgan fingerprint density at radius 3 is 2.70 bits per heavy atom. The zero-order valence-electron chi connectivity index (χ0n) is 12.2. The van der Waals surface area contributed by atoms with E-state index in [1.807, 2.05) is 24.3 Å². The molecule has 3 rings (SSSR count). The van der Waals surface area contributed by atoms with Crippen molar-refractivity contribution >= 4 is 39.5 Å². The summed E-state index contributed by atoms with van der Waals surface area (Å²) in [4.78, 5) is 30.3. The van der Waals surface area contributed by atoms with E-state index < -0.39 is 11.6 Å². The number of rotatable bonds is 3. The molecule has 1 N–H and O–H groups in total. The molecule has 0 radical (unpaired) electrons. The molecule has 7 heteroatoms. The molecule has 118 valence electrons. The first-order valence-corrected chi connectivity index (χ1v) is 8.09. The third kappa shape index (κ3) is 2.72. The second-order valence-electron chi connectivity index (χ2n) is 5.38. The predicted octanol–water partition coefficient (Wildman–Crippen LogP) is 3.46. The molecule has 3 amide bonds. The molecule has 1 saturated heterocycles. The zero-order valence-corrected chi connectivity index (χ0v) is 14.6. The van der Waals surface area contributed by atoms with Gasteiger partial charge in [-0.1, -0.05) is 51.8 Å². The van der Waals surface area contributed by atoms with Gasteiger partial charge in [0.25, 0.3) is 5.91 Å². The van der Waals surface area contributed by atoms with Crippen molar-refractivity contribution in [3.63, 3.8) is 0 Å². The fourth-order valence-electron chi connectivity index (χ4n) is 2.60. The lowest BCUT2D eigenvalue weighted by molar-refractivity contribution is -0.131. The average molecular weight is 395 g/mol. The van der Waals surface area contributed by atoms with E-state index in [2.05, 4.69) is 26.2 Å². The highest BCUT2D eigenvalue weighted by atomic mass is 79.9. The van der Waals surface area contributed by atoms with Crippen molar-refractivity contribution in [2.45, 2.75) is 19.0 Å². The molecule has 0 bridgehead atoms. The Morgan fingerprint density at radius 2 is 2.00 bits per heavy atom. The number of aromatic nitrogens is 1. The first-order chi connectivity index (χ1) is 10.9. The molecular weight excluding hydrogens is 382 g/mol. The van der Waals surface area contributed by atoms with Crippen LogP contribution in [0.2, 0.25) is 5.15 Å². The number of imide groups is 1. The SMILES string of the molecule is CC1(c2ccccc2Br)NC(=O)N(Cc2cccnc2Cl)C1=O. The molecule has 1 aromatic heterocycles. The summed E-state index contributed by atoms with van der Waals surface area (Å²) in [6.45, 7) is 1.77. The van der Waals surface area contributed by atoms with Crippen LogP contribution in [0.3, 0.4) is 0 Å². The molecule has 0 saturated carbocycles. The van der Waals surface area contributed by atoms with Crippen molar-refractivity contribution in [2.24, 2.45) is 0 Å². The Kier molecular flexibility index (Phi) is 4.12. The standard InChI is InChI=1S/C16H13BrClN3O2/c1-16(11-6-2-3-7-12(11)17)14(22)21(15(23)20-16)9-10-5-4-8-19-13(10)18/h2-8H,9H2,1H3,(H,20,23). The number of hydrogen-bond donors (Lipinski definition) is 1. The average Bonchev–Trinajstić information content (AvgIpc) is 2.74. The van der Waals surface area contributed by atoms with E-state index in [1.54, 1.807) is 25.3 Å². The van der Waals surface area contributed by atoms with Crippen LogP contribution in [0.25, 0.3) is 0 Å². The van der Waals surface area contributed by atoms with Gasteiger partial charge in [-0.15, -0.1) is 0 Å². The molecule has 0 spiro atoms. The van der Waals surface area contributed by atoms with Crippen molar-refractivity contribution < 1.29 is 9.59 Å². The summed E-state index contributed by atoms with van der Waals surface area (Å²) in [6.07, 6.45) is 1.56. The quantitative estimate of drug-likeness (QED) is 0.640. The smallest absolute Gasteiger partial charge is 0.319 e. The van der Waals surface area contributed by atoms with Crippen LogP contribution in [0, 0.1) is 0 Å². The molecule has 1 unspecified atom stereocenters. The fraction of sp³-hybridized carbons (Fsp3) is 0.188. The Balaban J connectivity index is 1.94. The minimum atomic E-state index is -1.12. The van der Waals surface area contributed by atoms with Crippen molar-refractivity contribution in [1.29, 1.82) is 0 Å². The first kappa shape index (κ1) is 16.0. The van der Waals surface area contributed by atoms with Crippen LogP contribution < -0.4 is 5.32 Å². The van der Waals surface area contributed by atoms with Crippen LogP contribution in [-0.2, 0) is 16.9 Å². The number of hydrogen-bond acceptors (Lipinski definition) is 3. The summed E-state index contributed by atoms with van der Waals surface area (Å²) >= 11 is 9.46. The van der Waals surface area contributed by atoms with Gasteiger partial charge >= 0.3 is 6.03 Å². The van der Waals surface area contributed by atoms with Gasteiger partial charge in [0.2, 0.25) is 0 Å². The Labute approximate surface area is 146 Å². The van der Waals surface area contributed by atoms with Crippen molar-refractivity contribution in [3.05, 3.63) is 63.3 Å². The van der Waals surface area contributed by atoms with Gasteiger partial charge in [0, 0.05) is 21.8 Å². The number of halogens is 2. The molecule has 1 aromatic carbocycles. The van der Waals surface area contributed by atoms with E-state index in [4.69, 9.17) is 11.6 Å². The van der Waals surface area contributed by atoms with Gasteiger partial charge in [0.05, 0.1) is 6.54 Å². The maximum atomic E-state index is 12.9. The minimum Gasteiger partial charge on any atom is -0.319 e. The molecule has 1 aliphatic heterocycles. The summed E-state index contributed by atoms with van der Waals surface area (Å²) in [6, 6.07) is 10.3. The normalized spacial score (nSPS) is 20.7. The number of carbonyl (C=O) groups is 2. The first-order valence-electron chi connectivity index (χ1n) is 6.92. The predicted molar refractivity (Wildman–Crippen MR) is 89.8 cm³/mol. The molecule has 0 aliphatic carbocycles. The third-order valence-electron chi connectivity index (χ3n) is 3.85. The summed E-state index contributed by atoms with van der Waals surface area (Å²) in [5.74, 6) is -0.325. The number of carbonyl (C=O) groups excluding carboxylic acids is 2. The van der Waals surface area contributed by atoms with Gasteiger partial charge < -0.3 is 5.32 Å². The molecule has 5 nitrogen and oxygen atoms in total. The van der Waals surface area contributed by atoms with Gasteiger partial charge in [0.1, 0.15) is 10.7 Å². The number of urea groups is 1. The Bertz CT molecular complexity index is 798. The van der Waals surface area contributed by atoms with Crippen LogP contribution in [0.15, 0.2) is 47.1 Å². The van der Waals surface area contributed by atoms with Gasteiger partial charge in [-0.05, 0) is 19.1 Å². The zero-order chi connectivity index (χ0) is 16.6. The van der Waals surface area contributed by atoms with E-state index in [-0.39, 0.29) is 17.6 Å². The highest BCUT2D eigenvalue weighted by molar-refractivity contribution is 9.10. The maximum absolute atomic E-state index is 12.9. The lowest BCUT2D eigenvalue weighted by Gasteiger charge is -2.23. The molecule has 1 atom stereocenters. The lowest BCUT2D eigenvalue weighted by Crippen LogP contribution is -2.41. The molecule has 2 aromatic rings. The fourth-order valence-corrected chi connectivity index (χ4v) is 3.46. The van der Waals surface area contributed by atoms with Gasteiger partial charge in [0.15, 0.2) is 0 Å². The molecular formula is C16H13BrClN3O2. The van der Waals surface area contributed by atoms with Crippen LogP contribution in [0.5, 0.6) is 0 Å². The van der Waals surface area contributed by atoms with Crippen molar-refractivity contribution in [1.82, 2.24) is 15.2 Å². The summed E-state index contributed by atoms with van der Waals surface area (Å²) in [7, 11) is 0. The number of benzene rings is 1. The number of nitrogens with one attached hydrogen (secondary N) is 1. The topological polar surface area (TPSA) is 62.3 Å². The van der Waals surface area contributed by atoms with Crippen LogP contribution in [0.1, 0.15) is 18.1 Å². The largest absolute Gasteiger partial charge is 0.325 e. The number of amides is 3. The molecule has 1 fully saturated rings. The van der Waals surface area contributed by atoms with Gasteiger partial charge in [-0.25, -0.2) is 9.78 Å². The van der Waals surface area contributed by atoms with E-state index in [0.29, 0.717) is 11.1 Å². The summed E-state index contributed by atoms with van der Waals surface area (Å²) in [5.41, 5.74) is 0.207. The minimum absolute atomic E-state index is 0.0807. The summed E-state index contributed by atoms with van der Waals surface area (Å²) in [5, 5.41) is 3.05. The van der Waals surface area contributed by atoms with E-state index in [1.165, 1.54) is 0 Å². The second kappa shape index (κ2) is 5.94. The van der Waals surface area contributed by atoms with E-state index in [0.717, 1.165) is 9.37 Å². The van der Waals surface area contributed by atoms with Crippen molar-refractivity contribution in [3.8, 4) is 0 Å². The van der Waals surface area contributed by atoms with E-state index in [9.17, 15) is 9.59 Å². The van der Waals surface area contributed by atoms with Gasteiger partial charge in [-0.2, -0.15) is 0 Å². The highest BCUT2D eigenvalue weighted by Gasteiger charge is 2.49.